The number of benzene rings is 2. The Labute approximate surface area is 139 Å². The fourth-order valence-corrected chi connectivity index (χ4v) is 2.01. The van der Waals surface area contributed by atoms with E-state index in [-0.39, 0.29) is 17.2 Å². The summed E-state index contributed by atoms with van der Waals surface area (Å²) in [7, 11) is 0. The van der Waals surface area contributed by atoms with Crippen LogP contribution in [0.2, 0.25) is 0 Å². The second kappa shape index (κ2) is 7.73. The third kappa shape index (κ3) is 4.81. The van der Waals surface area contributed by atoms with Gasteiger partial charge in [-0.15, -0.1) is 0 Å². The molecule has 0 aromatic heterocycles. The van der Waals surface area contributed by atoms with Crippen molar-refractivity contribution in [2.45, 2.75) is 6.92 Å². The van der Waals surface area contributed by atoms with E-state index < -0.39 is 11.8 Å². The number of hydrogen-bond acceptors (Lipinski definition) is 3. The summed E-state index contributed by atoms with van der Waals surface area (Å²) in [6.07, 6.45) is 1.56. The second-order valence-electron chi connectivity index (χ2n) is 5.05. The summed E-state index contributed by atoms with van der Waals surface area (Å²) >= 11 is 0. The number of nitrogens with two attached hydrogens (primary N) is 1. The number of anilines is 1. The van der Waals surface area contributed by atoms with Gasteiger partial charge in [0.2, 0.25) is 11.8 Å². The molecule has 0 saturated heterocycles. The largest absolute Gasteiger partial charge is 0.366 e. The normalized spacial score (nSPS) is 10.8. The number of nitrogens with one attached hydrogen (secondary N) is 2. The van der Waals surface area contributed by atoms with Gasteiger partial charge in [-0.1, -0.05) is 36.4 Å². The fraction of sp³-hybridized carbons (Fsp3) is 0.0556. The van der Waals surface area contributed by atoms with Gasteiger partial charge in [-0.3, -0.25) is 14.4 Å². The molecule has 0 bridgehead atoms. The maximum absolute atomic E-state index is 12.4. The molecule has 0 unspecified atom stereocenters. The van der Waals surface area contributed by atoms with E-state index in [9.17, 15) is 14.4 Å². The van der Waals surface area contributed by atoms with Crippen LogP contribution < -0.4 is 16.4 Å². The Balaban J connectivity index is 2.25. The average molecular weight is 323 g/mol. The van der Waals surface area contributed by atoms with Crippen LogP contribution in [-0.2, 0) is 9.59 Å². The molecule has 2 rings (SSSR count). The standard InChI is InChI=1S/C18H17N3O3/c1-12(22)20-16(10-13-6-3-2-4-7-13)18(24)21-15-9-5-8-14(11-15)17(19)23/h2-11H,1H3,(H2,19,23)(H,20,22)(H,21,24). The monoisotopic (exact) mass is 323 g/mol. The Morgan fingerprint density at radius 1 is 1.00 bits per heavy atom. The summed E-state index contributed by atoms with van der Waals surface area (Å²) in [5.41, 5.74) is 6.76. The minimum Gasteiger partial charge on any atom is -0.366 e. The van der Waals surface area contributed by atoms with Crippen molar-refractivity contribution in [3.05, 3.63) is 71.4 Å². The molecule has 6 nitrogen and oxygen atoms in total. The van der Waals surface area contributed by atoms with Crippen molar-refractivity contribution < 1.29 is 14.4 Å². The van der Waals surface area contributed by atoms with Gasteiger partial charge in [0, 0.05) is 18.2 Å². The van der Waals surface area contributed by atoms with E-state index in [1.165, 1.54) is 13.0 Å². The molecule has 122 valence electrons. The quantitative estimate of drug-likeness (QED) is 0.732. The first-order chi connectivity index (χ1) is 11.5. The SMILES string of the molecule is CC(=O)NC(=Cc1ccccc1)C(=O)Nc1cccc(C(N)=O)c1. The van der Waals surface area contributed by atoms with Crippen LogP contribution in [-0.4, -0.2) is 17.7 Å². The Morgan fingerprint density at radius 3 is 2.33 bits per heavy atom. The van der Waals surface area contributed by atoms with Gasteiger partial charge in [-0.25, -0.2) is 0 Å². The van der Waals surface area contributed by atoms with Crippen molar-refractivity contribution in [2.24, 2.45) is 5.73 Å². The highest BCUT2D eigenvalue weighted by atomic mass is 16.2. The molecule has 0 saturated carbocycles. The highest BCUT2D eigenvalue weighted by molar-refractivity contribution is 6.08. The number of carbonyl (C=O) groups excluding carboxylic acids is 3. The molecule has 0 heterocycles. The van der Waals surface area contributed by atoms with Gasteiger partial charge < -0.3 is 16.4 Å². The predicted molar refractivity (Wildman–Crippen MR) is 91.8 cm³/mol. The first-order valence-corrected chi connectivity index (χ1v) is 7.21. The zero-order valence-electron chi connectivity index (χ0n) is 13.1. The summed E-state index contributed by atoms with van der Waals surface area (Å²) in [4.78, 5) is 35.0. The van der Waals surface area contributed by atoms with Gasteiger partial charge >= 0.3 is 0 Å². The van der Waals surface area contributed by atoms with Gasteiger partial charge in [0.15, 0.2) is 0 Å². The lowest BCUT2D eigenvalue weighted by Gasteiger charge is -2.10. The average Bonchev–Trinajstić information content (AvgIpc) is 2.55. The van der Waals surface area contributed by atoms with Crippen LogP contribution in [0.4, 0.5) is 5.69 Å². The van der Waals surface area contributed by atoms with E-state index in [2.05, 4.69) is 10.6 Å². The van der Waals surface area contributed by atoms with E-state index in [4.69, 9.17) is 5.73 Å². The smallest absolute Gasteiger partial charge is 0.272 e. The molecule has 6 heteroatoms. The van der Waals surface area contributed by atoms with E-state index in [0.29, 0.717) is 5.69 Å². The maximum atomic E-state index is 12.4. The van der Waals surface area contributed by atoms with Crippen molar-refractivity contribution in [2.75, 3.05) is 5.32 Å². The molecule has 4 N–H and O–H groups in total. The summed E-state index contributed by atoms with van der Waals surface area (Å²) < 4.78 is 0. The number of rotatable bonds is 5. The molecule has 3 amide bonds. The van der Waals surface area contributed by atoms with Crippen LogP contribution in [0.5, 0.6) is 0 Å². The van der Waals surface area contributed by atoms with Crippen molar-refractivity contribution in [3.8, 4) is 0 Å². The third-order valence-corrected chi connectivity index (χ3v) is 3.07. The zero-order valence-corrected chi connectivity index (χ0v) is 13.1. The number of primary amides is 1. The van der Waals surface area contributed by atoms with Gasteiger partial charge in [-0.05, 0) is 29.8 Å². The van der Waals surface area contributed by atoms with Crippen LogP contribution in [0, 0.1) is 0 Å². The minimum absolute atomic E-state index is 0.0955. The molecule has 24 heavy (non-hydrogen) atoms. The first kappa shape index (κ1) is 17.0. The Bertz CT molecular complexity index is 798. The molecule has 0 aliphatic heterocycles. The lowest BCUT2D eigenvalue weighted by atomic mass is 10.1. The first-order valence-electron chi connectivity index (χ1n) is 7.21. The summed E-state index contributed by atoms with van der Waals surface area (Å²) in [6.45, 7) is 1.32. The van der Waals surface area contributed by atoms with E-state index >= 15 is 0 Å². The zero-order chi connectivity index (χ0) is 17.5. The minimum atomic E-state index is -0.590. The van der Waals surface area contributed by atoms with Gasteiger partial charge in [0.05, 0.1) is 0 Å². The number of carbonyl (C=O) groups is 3. The molecule has 0 fully saturated rings. The lowest BCUT2D eigenvalue weighted by molar-refractivity contribution is -0.120. The van der Waals surface area contributed by atoms with Crippen LogP contribution in [0.15, 0.2) is 60.3 Å². The molecular weight excluding hydrogens is 306 g/mol. The van der Waals surface area contributed by atoms with Gasteiger partial charge in [0.1, 0.15) is 5.70 Å². The van der Waals surface area contributed by atoms with Crippen LogP contribution >= 0.6 is 0 Å². The maximum Gasteiger partial charge on any atom is 0.272 e. The Kier molecular flexibility index (Phi) is 5.46. The predicted octanol–water partition coefficient (Wildman–Crippen LogP) is 1.90. The molecule has 2 aromatic rings. The van der Waals surface area contributed by atoms with Crippen LogP contribution in [0.1, 0.15) is 22.8 Å². The van der Waals surface area contributed by atoms with Crippen molar-refractivity contribution in [1.82, 2.24) is 5.32 Å². The summed E-state index contributed by atoms with van der Waals surface area (Å²) in [5.74, 6) is -1.46. The van der Waals surface area contributed by atoms with Gasteiger partial charge in [-0.2, -0.15) is 0 Å². The second-order valence-corrected chi connectivity index (χ2v) is 5.05. The molecule has 0 atom stereocenters. The molecule has 0 spiro atoms. The molecule has 0 aliphatic rings. The van der Waals surface area contributed by atoms with Crippen molar-refractivity contribution in [3.63, 3.8) is 0 Å². The Morgan fingerprint density at radius 2 is 1.71 bits per heavy atom. The van der Waals surface area contributed by atoms with E-state index in [1.807, 2.05) is 30.3 Å². The summed E-state index contributed by atoms with van der Waals surface area (Å²) in [5, 5.41) is 5.14. The Hall–Kier alpha value is -3.41. The van der Waals surface area contributed by atoms with Crippen molar-refractivity contribution >= 4 is 29.5 Å². The lowest BCUT2D eigenvalue weighted by Crippen LogP contribution is -2.29. The molecule has 2 aromatic carbocycles. The molecule has 0 aliphatic carbocycles. The highest BCUT2D eigenvalue weighted by Gasteiger charge is 2.12. The van der Waals surface area contributed by atoms with Crippen LogP contribution in [0.3, 0.4) is 0 Å². The number of hydrogen-bond donors (Lipinski definition) is 3. The van der Waals surface area contributed by atoms with E-state index in [1.54, 1.807) is 24.3 Å². The van der Waals surface area contributed by atoms with Gasteiger partial charge in [0.25, 0.3) is 5.91 Å². The number of amides is 3. The summed E-state index contributed by atoms with van der Waals surface area (Å²) in [6, 6.07) is 15.4. The third-order valence-electron chi connectivity index (χ3n) is 3.07. The van der Waals surface area contributed by atoms with Crippen LogP contribution in [0.25, 0.3) is 6.08 Å². The fourth-order valence-electron chi connectivity index (χ4n) is 2.01. The van der Waals surface area contributed by atoms with Crippen molar-refractivity contribution in [1.29, 1.82) is 0 Å². The highest BCUT2D eigenvalue weighted by Crippen LogP contribution is 2.12. The molecular formula is C18H17N3O3. The van der Waals surface area contributed by atoms with E-state index in [0.717, 1.165) is 5.56 Å². The molecule has 0 radical (unpaired) electrons. The topological polar surface area (TPSA) is 101 Å².